The van der Waals surface area contributed by atoms with Crippen LogP contribution in [0.4, 0.5) is 0 Å². The van der Waals surface area contributed by atoms with Gasteiger partial charge in [-0.05, 0) is 39.9 Å². The van der Waals surface area contributed by atoms with Gasteiger partial charge in [0.05, 0.1) is 0 Å². The van der Waals surface area contributed by atoms with Gasteiger partial charge in [-0.25, -0.2) is 0 Å². The first-order valence-electron chi connectivity index (χ1n) is 4.45. The molecule has 0 radical (unpaired) electrons. The monoisotopic (exact) mass is 242 g/mol. The second kappa shape index (κ2) is 4.72. The first kappa shape index (κ1) is 10.7. The van der Waals surface area contributed by atoms with Crippen molar-refractivity contribution in [1.82, 2.24) is 4.98 Å². The van der Waals surface area contributed by atoms with E-state index >= 15 is 0 Å². The van der Waals surface area contributed by atoms with E-state index < -0.39 is 0 Å². The lowest BCUT2D eigenvalue weighted by molar-refractivity contribution is 0.509. The lowest BCUT2D eigenvalue weighted by atomic mass is 9.99. The van der Waals surface area contributed by atoms with E-state index in [1.807, 2.05) is 12.3 Å². The Balaban J connectivity index is 2.71. The van der Waals surface area contributed by atoms with E-state index in [1.165, 1.54) is 0 Å². The number of hydrogen-bond acceptors (Lipinski definition) is 2. The summed E-state index contributed by atoms with van der Waals surface area (Å²) in [5, 5.41) is 0. The molecule has 1 heterocycles. The van der Waals surface area contributed by atoms with E-state index in [-0.39, 0.29) is 6.04 Å². The van der Waals surface area contributed by atoms with Gasteiger partial charge in [0.25, 0.3) is 0 Å². The van der Waals surface area contributed by atoms with Gasteiger partial charge in [0.2, 0.25) is 0 Å². The third-order valence-corrected chi connectivity index (χ3v) is 2.31. The molecule has 0 aromatic carbocycles. The van der Waals surface area contributed by atoms with Gasteiger partial charge < -0.3 is 5.73 Å². The fraction of sp³-hybridized carbons (Fsp3) is 0.500. The topological polar surface area (TPSA) is 38.9 Å². The van der Waals surface area contributed by atoms with Crippen LogP contribution in [0.25, 0.3) is 0 Å². The van der Waals surface area contributed by atoms with Crippen molar-refractivity contribution in [3.8, 4) is 0 Å². The van der Waals surface area contributed by atoms with Crippen molar-refractivity contribution in [2.75, 3.05) is 0 Å². The van der Waals surface area contributed by atoms with E-state index in [0.717, 1.165) is 16.5 Å². The summed E-state index contributed by atoms with van der Waals surface area (Å²) in [5.41, 5.74) is 7.10. The molecule has 0 aliphatic heterocycles. The zero-order chi connectivity index (χ0) is 9.84. The second-order valence-corrected chi connectivity index (χ2v) is 4.59. The molecule has 0 aliphatic rings. The largest absolute Gasteiger partial charge is 0.324 e. The summed E-state index contributed by atoms with van der Waals surface area (Å²) >= 11 is 3.38. The van der Waals surface area contributed by atoms with Crippen molar-refractivity contribution in [2.24, 2.45) is 11.7 Å². The molecule has 0 amide bonds. The molecular weight excluding hydrogens is 228 g/mol. The van der Waals surface area contributed by atoms with Crippen LogP contribution in [0.2, 0.25) is 0 Å². The smallest absolute Gasteiger partial charge is 0.0410 e. The van der Waals surface area contributed by atoms with Crippen LogP contribution in [0.5, 0.6) is 0 Å². The summed E-state index contributed by atoms with van der Waals surface area (Å²) in [6.07, 6.45) is 4.60. The Hall–Kier alpha value is -0.410. The molecule has 1 aromatic heterocycles. The van der Waals surface area contributed by atoms with Gasteiger partial charge in [0.15, 0.2) is 0 Å². The van der Waals surface area contributed by atoms with Crippen LogP contribution in [0.15, 0.2) is 22.9 Å². The van der Waals surface area contributed by atoms with Crippen molar-refractivity contribution < 1.29 is 0 Å². The molecule has 0 spiro atoms. The Morgan fingerprint density at radius 1 is 1.46 bits per heavy atom. The van der Waals surface area contributed by atoms with Crippen LogP contribution in [0, 0.1) is 5.92 Å². The summed E-state index contributed by atoms with van der Waals surface area (Å²) in [7, 11) is 0. The lowest BCUT2D eigenvalue weighted by Crippen LogP contribution is -2.13. The van der Waals surface area contributed by atoms with Crippen LogP contribution in [0.3, 0.4) is 0 Å². The Morgan fingerprint density at radius 3 is 2.69 bits per heavy atom. The van der Waals surface area contributed by atoms with E-state index in [2.05, 4.69) is 34.8 Å². The molecule has 13 heavy (non-hydrogen) atoms. The van der Waals surface area contributed by atoms with Gasteiger partial charge in [-0.1, -0.05) is 13.8 Å². The minimum atomic E-state index is 0.102. The predicted molar refractivity (Wildman–Crippen MR) is 58.3 cm³/mol. The number of aromatic nitrogens is 1. The highest BCUT2D eigenvalue weighted by atomic mass is 79.9. The molecule has 2 nitrogen and oxygen atoms in total. The van der Waals surface area contributed by atoms with Gasteiger partial charge in [0.1, 0.15) is 0 Å². The maximum Gasteiger partial charge on any atom is 0.0410 e. The molecular formula is C10H15BrN2. The van der Waals surface area contributed by atoms with Crippen molar-refractivity contribution in [3.05, 3.63) is 28.5 Å². The highest BCUT2D eigenvalue weighted by Crippen LogP contribution is 2.20. The van der Waals surface area contributed by atoms with E-state index in [9.17, 15) is 0 Å². The van der Waals surface area contributed by atoms with E-state index in [0.29, 0.717) is 5.92 Å². The number of nitrogens with two attached hydrogens (primary N) is 1. The fourth-order valence-corrected chi connectivity index (χ4v) is 1.66. The summed E-state index contributed by atoms with van der Waals surface area (Å²) in [6, 6.07) is 2.13. The predicted octanol–water partition coefficient (Wildman–Crippen LogP) is 2.89. The van der Waals surface area contributed by atoms with Gasteiger partial charge >= 0.3 is 0 Å². The molecule has 0 unspecified atom stereocenters. The average molecular weight is 243 g/mol. The second-order valence-electron chi connectivity index (χ2n) is 3.67. The molecule has 1 atom stereocenters. The highest BCUT2D eigenvalue weighted by Gasteiger charge is 2.08. The molecule has 1 rings (SSSR count). The number of nitrogens with zero attached hydrogens (tertiary/aromatic N) is 1. The highest BCUT2D eigenvalue weighted by molar-refractivity contribution is 9.10. The van der Waals surface area contributed by atoms with Crippen LogP contribution in [0.1, 0.15) is 31.9 Å². The van der Waals surface area contributed by atoms with Gasteiger partial charge in [-0.3, -0.25) is 4.98 Å². The Labute approximate surface area is 87.7 Å². The van der Waals surface area contributed by atoms with Crippen molar-refractivity contribution in [1.29, 1.82) is 0 Å². The maximum atomic E-state index is 6.00. The van der Waals surface area contributed by atoms with Crippen LogP contribution in [-0.4, -0.2) is 4.98 Å². The molecule has 2 N–H and O–H groups in total. The maximum absolute atomic E-state index is 6.00. The molecule has 0 saturated heterocycles. The normalized spacial score (nSPS) is 13.3. The SMILES string of the molecule is CC(C)C[C@H](N)c1cncc(Br)c1. The number of halogens is 1. The van der Waals surface area contributed by atoms with Crippen molar-refractivity contribution in [3.63, 3.8) is 0 Å². The minimum absolute atomic E-state index is 0.102. The molecule has 0 aliphatic carbocycles. The molecule has 1 aromatic rings. The minimum Gasteiger partial charge on any atom is -0.324 e. The number of hydrogen-bond donors (Lipinski definition) is 1. The molecule has 0 fully saturated rings. The number of rotatable bonds is 3. The summed E-state index contributed by atoms with van der Waals surface area (Å²) in [5.74, 6) is 0.619. The van der Waals surface area contributed by atoms with E-state index in [1.54, 1.807) is 6.20 Å². The van der Waals surface area contributed by atoms with Crippen molar-refractivity contribution >= 4 is 15.9 Å². The summed E-state index contributed by atoms with van der Waals surface area (Å²) < 4.78 is 0.990. The fourth-order valence-electron chi connectivity index (χ4n) is 1.28. The average Bonchev–Trinajstić information content (AvgIpc) is 2.03. The van der Waals surface area contributed by atoms with Gasteiger partial charge in [-0.15, -0.1) is 0 Å². The zero-order valence-electron chi connectivity index (χ0n) is 8.00. The quantitative estimate of drug-likeness (QED) is 0.886. The Kier molecular flexibility index (Phi) is 3.88. The Morgan fingerprint density at radius 2 is 2.15 bits per heavy atom. The molecule has 0 bridgehead atoms. The summed E-state index contributed by atoms with van der Waals surface area (Å²) in [6.45, 7) is 4.34. The number of pyridine rings is 1. The van der Waals surface area contributed by atoms with Gasteiger partial charge in [-0.2, -0.15) is 0 Å². The van der Waals surface area contributed by atoms with Crippen LogP contribution >= 0.6 is 15.9 Å². The molecule has 0 saturated carbocycles. The third-order valence-electron chi connectivity index (χ3n) is 1.88. The first-order valence-corrected chi connectivity index (χ1v) is 5.25. The van der Waals surface area contributed by atoms with Gasteiger partial charge in [0, 0.05) is 22.9 Å². The van der Waals surface area contributed by atoms with Crippen LogP contribution < -0.4 is 5.73 Å². The molecule has 72 valence electrons. The van der Waals surface area contributed by atoms with Crippen molar-refractivity contribution in [2.45, 2.75) is 26.3 Å². The zero-order valence-corrected chi connectivity index (χ0v) is 9.58. The third kappa shape index (κ3) is 3.44. The standard InChI is InChI=1S/C10H15BrN2/c1-7(2)3-10(12)8-4-9(11)6-13-5-8/h4-7,10H,3,12H2,1-2H3/t10-/m0/s1. The van der Waals surface area contributed by atoms with Crippen LogP contribution in [-0.2, 0) is 0 Å². The van der Waals surface area contributed by atoms with E-state index in [4.69, 9.17) is 5.73 Å². The Bertz CT molecular complexity index is 273. The lowest BCUT2D eigenvalue weighted by Gasteiger charge is -2.13. The first-order chi connectivity index (χ1) is 6.09. The molecule has 3 heteroatoms. The summed E-state index contributed by atoms with van der Waals surface area (Å²) in [4.78, 5) is 4.09.